The zero-order valence-electron chi connectivity index (χ0n) is 8.68. The van der Waals surface area contributed by atoms with E-state index in [2.05, 4.69) is 15.9 Å². The van der Waals surface area contributed by atoms with E-state index in [9.17, 15) is 21.6 Å². The molecule has 17 heavy (non-hydrogen) atoms. The second kappa shape index (κ2) is 4.85. The summed E-state index contributed by atoms with van der Waals surface area (Å²) < 4.78 is 60.7. The zero-order valence-corrected chi connectivity index (χ0v) is 11.1. The van der Waals surface area contributed by atoms with E-state index in [0.29, 0.717) is 4.47 Å². The van der Waals surface area contributed by atoms with Gasteiger partial charge in [0.15, 0.2) is 5.75 Å². The van der Waals surface area contributed by atoms with E-state index in [4.69, 9.17) is 0 Å². The fourth-order valence-corrected chi connectivity index (χ4v) is 2.62. The second-order valence-electron chi connectivity index (χ2n) is 3.46. The van der Waals surface area contributed by atoms with Crippen LogP contribution < -0.4 is 4.72 Å². The predicted octanol–water partition coefficient (Wildman–Crippen LogP) is 3.06. The molecule has 1 N–H and O–H groups in total. The molecule has 0 atom stereocenters. The highest BCUT2D eigenvalue weighted by molar-refractivity contribution is 9.10. The molecule has 1 rings (SSSR count). The topological polar surface area (TPSA) is 46.2 Å². The summed E-state index contributed by atoms with van der Waals surface area (Å²) in [5.41, 5.74) is 0.826. The van der Waals surface area contributed by atoms with Crippen LogP contribution >= 0.6 is 15.9 Å². The van der Waals surface area contributed by atoms with E-state index in [1.165, 1.54) is 6.07 Å². The fraction of sp³-hybridized carbons (Fsp3) is 0.333. The predicted molar refractivity (Wildman–Crippen MR) is 62.3 cm³/mol. The Bertz CT molecular complexity index is 513. The Labute approximate surface area is 105 Å². The van der Waals surface area contributed by atoms with Crippen molar-refractivity contribution < 1.29 is 21.6 Å². The molecule has 0 aliphatic carbocycles. The van der Waals surface area contributed by atoms with Gasteiger partial charge in [-0.05, 0) is 40.5 Å². The zero-order chi connectivity index (χ0) is 13.3. The van der Waals surface area contributed by atoms with Gasteiger partial charge in [0.2, 0.25) is 10.0 Å². The minimum absolute atomic E-state index is 0.0919. The van der Waals surface area contributed by atoms with E-state index in [1.807, 2.05) is 4.72 Å². The van der Waals surface area contributed by atoms with E-state index in [1.54, 1.807) is 19.1 Å². The van der Waals surface area contributed by atoms with Crippen molar-refractivity contribution >= 4 is 31.6 Å². The Hall–Kier alpha value is -0.760. The van der Waals surface area contributed by atoms with Crippen LogP contribution in [0.1, 0.15) is 5.56 Å². The molecule has 0 fully saturated rings. The van der Waals surface area contributed by atoms with Crippen molar-refractivity contribution in [3.05, 3.63) is 28.2 Å². The first-order valence-electron chi connectivity index (χ1n) is 4.42. The normalized spacial score (nSPS) is 12.5. The van der Waals surface area contributed by atoms with Crippen LogP contribution in [0.2, 0.25) is 0 Å². The highest BCUT2D eigenvalue weighted by Crippen LogP contribution is 2.26. The lowest BCUT2D eigenvalue weighted by Crippen LogP contribution is -2.28. The van der Waals surface area contributed by atoms with Crippen molar-refractivity contribution in [1.29, 1.82) is 0 Å². The van der Waals surface area contributed by atoms with E-state index >= 15 is 0 Å². The number of aryl methyl sites for hydroxylation is 1. The number of rotatable bonds is 3. The lowest BCUT2D eigenvalue weighted by molar-refractivity contribution is -0.106. The molecule has 0 saturated heterocycles. The molecule has 1 aromatic rings. The third-order valence-corrected chi connectivity index (χ3v) is 3.67. The monoisotopic (exact) mass is 331 g/mol. The van der Waals surface area contributed by atoms with Crippen molar-refractivity contribution in [2.75, 3.05) is 10.5 Å². The van der Waals surface area contributed by atoms with Gasteiger partial charge in [-0.2, -0.15) is 13.2 Å². The van der Waals surface area contributed by atoms with Crippen LogP contribution in [0.5, 0.6) is 0 Å². The molecule has 0 spiro atoms. The quantitative estimate of drug-likeness (QED) is 0.925. The Kier molecular flexibility index (Phi) is 4.08. The molecule has 8 heteroatoms. The maximum atomic E-state index is 12.0. The molecule has 0 saturated carbocycles. The second-order valence-corrected chi connectivity index (χ2v) is 6.04. The van der Waals surface area contributed by atoms with E-state index in [-0.39, 0.29) is 5.69 Å². The van der Waals surface area contributed by atoms with Crippen LogP contribution in [-0.2, 0) is 10.0 Å². The van der Waals surface area contributed by atoms with Gasteiger partial charge in [-0.1, -0.05) is 6.07 Å². The van der Waals surface area contributed by atoms with Crippen molar-refractivity contribution in [3.63, 3.8) is 0 Å². The van der Waals surface area contributed by atoms with Gasteiger partial charge >= 0.3 is 6.18 Å². The first-order valence-corrected chi connectivity index (χ1v) is 6.87. The molecule has 96 valence electrons. The van der Waals surface area contributed by atoms with Gasteiger partial charge in [0.05, 0.1) is 5.69 Å². The molecule has 1 aromatic carbocycles. The molecular weight excluding hydrogens is 323 g/mol. The third-order valence-electron chi connectivity index (χ3n) is 1.74. The van der Waals surface area contributed by atoms with Crippen LogP contribution in [0, 0.1) is 6.92 Å². The van der Waals surface area contributed by atoms with Gasteiger partial charge in [0.25, 0.3) is 0 Å². The Morgan fingerprint density at radius 3 is 2.47 bits per heavy atom. The van der Waals surface area contributed by atoms with Crippen molar-refractivity contribution in [1.82, 2.24) is 0 Å². The van der Waals surface area contributed by atoms with Gasteiger partial charge in [-0.15, -0.1) is 0 Å². The van der Waals surface area contributed by atoms with Crippen LogP contribution in [0.3, 0.4) is 0 Å². The van der Waals surface area contributed by atoms with Crippen molar-refractivity contribution in [2.45, 2.75) is 13.1 Å². The molecule has 0 unspecified atom stereocenters. The minimum Gasteiger partial charge on any atom is -0.282 e. The smallest absolute Gasteiger partial charge is 0.282 e. The number of hydrogen-bond acceptors (Lipinski definition) is 2. The van der Waals surface area contributed by atoms with Crippen LogP contribution in [-0.4, -0.2) is 20.3 Å². The maximum Gasteiger partial charge on any atom is 0.404 e. The Morgan fingerprint density at radius 2 is 1.94 bits per heavy atom. The summed E-state index contributed by atoms with van der Waals surface area (Å²) in [6.45, 7) is 1.70. The number of hydrogen-bond donors (Lipinski definition) is 1. The SMILES string of the molecule is Cc1ccc(Br)c(NS(=O)(=O)CC(F)(F)F)c1. The van der Waals surface area contributed by atoms with Crippen molar-refractivity contribution in [2.24, 2.45) is 0 Å². The van der Waals surface area contributed by atoms with Crippen LogP contribution in [0.25, 0.3) is 0 Å². The van der Waals surface area contributed by atoms with Gasteiger partial charge in [-0.25, -0.2) is 8.42 Å². The molecule has 0 amide bonds. The number of nitrogens with one attached hydrogen (secondary N) is 1. The maximum absolute atomic E-state index is 12.0. The highest BCUT2D eigenvalue weighted by atomic mass is 79.9. The third kappa shape index (κ3) is 4.95. The van der Waals surface area contributed by atoms with Gasteiger partial charge in [0.1, 0.15) is 0 Å². The molecule has 0 aliphatic heterocycles. The standard InChI is InChI=1S/C9H9BrF3NO2S/c1-6-2-3-7(10)8(4-6)14-17(15,16)5-9(11,12)13/h2-4,14H,5H2,1H3. The van der Waals surface area contributed by atoms with E-state index in [0.717, 1.165) is 5.56 Å². The lowest BCUT2D eigenvalue weighted by atomic mass is 10.2. The summed E-state index contributed by atoms with van der Waals surface area (Å²) in [5.74, 6) is -1.90. The summed E-state index contributed by atoms with van der Waals surface area (Å²) in [6, 6.07) is 4.70. The Morgan fingerprint density at radius 1 is 1.35 bits per heavy atom. The summed E-state index contributed by atoms with van der Waals surface area (Å²) in [4.78, 5) is 0. The first-order chi connectivity index (χ1) is 7.59. The summed E-state index contributed by atoms with van der Waals surface area (Å²) >= 11 is 3.05. The molecule has 0 bridgehead atoms. The van der Waals surface area contributed by atoms with Crippen LogP contribution in [0.4, 0.5) is 18.9 Å². The molecular formula is C9H9BrF3NO2S. The first kappa shape index (κ1) is 14.3. The van der Waals surface area contributed by atoms with Gasteiger partial charge in [0, 0.05) is 4.47 Å². The number of anilines is 1. The summed E-state index contributed by atoms with van der Waals surface area (Å²) in [6.07, 6.45) is -4.76. The molecule has 0 radical (unpaired) electrons. The van der Waals surface area contributed by atoms with Gasteiger partial charge < -0.3 is 0 Å². The summed E-state index contributed by atoms with van der Waals surface area (Å²) in [5, 5.41) is 0. The molecule has 0 heterocycles. The number of alkyl halides is 3. The minimum atomic E-state index is -4.76. The Balaban J connectivity index is 2.94. The largest absolute Gasteiger partial charge is 0.404 e. The molecule has 0 aromatic heterocycles. The van der Waals surface area contributed by atoms with E-state index < -0.39 is 22.0 Å². The number of sulfonamides is 1. The fourth-order valence-electron chi connectivity index (χ4n) is 1.14. The average Bonchev–Trinajstić information content (AvgIpc) is 2.06. The number of halogens is 4. The van der Waals surface area contributed by atoms with Gasteiger partial charge in [-0.3, -0.25) is 4.72 Å². The summed E-state index contributed by atoms with van der Waals surface area (Å²) in [7, 11) is -4.44. The lowest BCUT2D eigenvalue weighted by Gasteiger charge is -2.11. The average molecular weight is 332 g/mol. The van der Waals surface area contributed by atoms with Crippen molar-refractivity contribution in [3.8, 4) is 0 Å². The molecule has 3 nitrogen and oxygen atoms in total. The number of benzene rings is 1. The molecule has 0 aliphatic rings. The highest BCUT2D eigenvalue weighted by Gasteiger charge is 2.35. The van der Waals surface area contributed by atoms with Crippen LogP contribution in [0.15, 0.2) is 22.7 Å².